The van der Waals surface area contributed by atoms with Crippen molar-refractivity contribution in [3.63, 3.8) is 0 Å². The van der Waals surface area contributed by atoms with Crippen LogP contribution in [0, 0.1) is 0 Å². The van der Waals surface area contributed by atoms with Gasteiger partial charge in [0.25, 0.3) is 0 Å². The second-order valence-corrected chi connectivity index (χ2v) is 6.87. The first-order chi connectivity index (χ1) is 12.8. The fourth-order valence-corrected chi connectivity index (χ4v) is 2.95. The van der Waals surface area contributed by atoms with Crippen LogP contribution in [-0.2, 0) is 14.3 Å². The Hall–Kier alpha value is -2.63. The topological polar surface area (TPSA) is 72.5 Å². The number of fused-ring (bicyclic) bond motifs is 1. The van der Waals surface area contributed by atoms with Crippen LogP contribution in [0.15, 0.2) is 42.5 Å². The number of hydrogen-bond donors (Lipinski definition) is 1. The maximum Gasteiger partial charge on any atom is 0.331 e. The molecule has 0 bridgehead atoms. The third-order valence-corrected chi connectivity index (χ3v) is 4.93. The van der Waals surface area contributed by atoms with E-state index in [1.807, 2.05) is 0 Å². The number of carbonyl (C=O) groups is 3. The highest BCUT2D eigenvalue weighted by Gasteiger charge is 2.27. The number of Topliss-reactive ketones (excluding diaryl/α,β-unsaturated/α-hetero) is 1. The Balaban J connectivity index is 1.59. The van der Waals surface area contributed by atoms with Gasteiger partial charge in [-0.1, -0.05) is 29.3 Å². The Morgan fingerprint density at radius 1 is 1.15 bits per heavy atom. The summed E-state index contributed by atoms with van der Waals surface area (Å²) < 4.78 is 4.98. The van der Waals surface area contributed by atoms with E-state index in [2.05, 4.69) is 5.32 Å². The molecule has 7 heteroatoms. The maximum absolute atomic E-state index is 12.3. The molecule has 1 N–H and O–H groups in total. The molecule has 0 fully saturated rings. The first kappa shape index (κ1) is 19.1. The van der Waals surface area contributed by atoms with Gasteiger partial charge in [0.15, 0.2) is 12.4 Å². The van der Waals surface area contributed by atoms with Crippen LogP contribution in [0.5, 0.6) is 0 Å². The molecule has 1 aliphatic rings. The minimum atomic E-state index is -0.652. The predicted molar refractivity (Wildman–Crippen MR) is 104 cm³/mol. The molecule has 27 heavy (non-hydrogen) atoms. The van der Waals surface area contributed by atoms with Gasteiger partial charge in [-0.25, -0.2) is 4.79 Å². The van der Waals surface area contributed by atoms with Crippen molar-refractivity contribution in [1.29, 1.82) is 0 Å². The summed E-state index contributed by atoms with van der Waals surface area (Å²) in [4.78, 5) is 35.7. The van der Waals surface area contributed by atoms with Crippen molar-refractivity contribution in [3.05, 3.63) is 69.2 Å². The highest BCUT2D eigenvalue weighted by molar-refractivity contribution is 6.42. The first-order valence-corrected chi connectivity index (χ1v) is 8.88. The van der Waals surface area contributed by atoms with E-state index < -0.39 is 5.97 Å². The molecule has 0 radical (unpaired) electrons. The monoisotopic (exact) mass is 403 g/mol. The normalized spacial score (nSPS) is 15.5. The number of carbonyl (C=O) groups excluding carboxylic acids is 3. The molecule has 2 aromatic carbocycles. The molecule has 0 spiro atoms. The van der Waals surface area contributed by atoms with Crippen molar-refractivity contribution in [3.8, 4) is 0 Å². The van der Waals surface area contributed by atoms with E-state index in [4.69, 9.17) is 27.9 Å². The first-order valence-electron chi connectivity index (χ1n) is 8.13. The van der Waals surface area contributed by atoms with E-state index in [1.54, 1.807) is 43.3 Å². The Bertz CT molecular complexity index is 968. The van der Waals surface area contributed by atoms with Crippen molar-refractivity contribution >= 4 is 52.6 Å². The van der Waals surface area contributed by atoms with Gasteiger partial charge in [-0.2, -0.15) is 0 Å². The van der Waals surface area contributed by atoms with Gasteiger partial charge in [-0.15, -0.1) is 0 Å². The highest BCUT2D eigenvalue weighted by Crippen LogP contribution is 2.32. The van der Waals surface area contributed by atoms with Crippen LogP contribution in [0.2, 0.25) is 10.0 Å². The van der Waals surface area contributed by atoms with Crippen LogP contribution in [0.25, 0.3) is 6.08 Å². The smallest absolute Gasteiger partial charge is 0.331 e. The molecule has 5 nitrogen and oxygen atoms in total. The summed E-state index contributed by atoms with van der Waals surface area (Å²) in [6.45, 7) is 1.38. The quantitative estimate of drug-likeness (QED) is 0.453. The number of esters is 1. The molecule has 3 rings (SSSR count). The van der Waals surface area contributed by atoms with E-state index in [0.717, 1.165) is 5.56 Å². The fraction of sp³-hybridized carbons (Fsp3) is 0.150. The number of hydrogen-bond acceptors (Lipinski definition) is 4. The van der Waals surface area contributed by atoms with Crippen LogP contribution >= 0.6 is 23.2 Å². The molecule has 0 unspecified atom stereocenters. The van der Waals surface area contributed by atoms with Crippen LogP contribution in [0.3, 0.4) is 0 Å². The molecule has 1 amide bonds. The largest absolute Gasteiger partial charge is 0.454 e. The summed E-state index contributed by atoms with van der Waals surface area (Å²) in [5.74, 6) is -1.42. The third kappa shape index (κ3) is 4.38. The van der Waals surface area contributed by atoms with E-state index in [0.29, 0.717) is 26.9 Å². The van der Waals surface area contributed by atoms with Crippen molar-refractivity contribution < 1.29 is 19.1 Å². The minimum absolute atomic E-state index is 0.103. The number of halogens is 2. The number of ketones is 1. The van der Waals surface area contributed by atoms with Gasteiger partial charge < -0.3 is 10.1 Å². The SMILES string of the molecule is C[C@@H]1C(=O)Nc2ccc(C(=O)COC(=O)/C=C/c3ccc(Cl)c(Cl)c3)cc21. The van der Waals surface area contributed by atoms with Gasteiger partial charge >= 0.3 is 5.97 Å². The highest BCUT2D eigenvalue weighted by atomic mass is 35.5. The number of benzene rings is 2. The van der Waals surface area contributed by atoms with Crippen LogP contribution < -0.4 is 5.32 Å². The molecule has 1 atom stereocenters. The Labute approximate surface area is 165 Å². The summed E-state index contributed by atoms with van der Waals surface area (Å²) >= 11 is 11.7. The average Bonchev–Trinajstić information content (AvgIpc) is 2.94. The van der Waals surface area contributed by atoms with Gasteiger partial charge in [-0.3, -0.25) is 9.59 Å². The summed E-state index contributed by atoms with van der Waals surface area (Å²) in [5.41, 5.74) is 2.53. The van der Waals surface area contributed by atoms with E-state index in [-0.39, 0.29) is 24.2 Å². The molecule has 0 saturated heterocycles. The van der Waals surface area contributed by atoms with Crippen LogP contribution in [-0.4, -0.2) is 24.3 Å². The summed E-state index contributed by atoms with van der Waals surface area (Å²) in [5, 5.41) is 3.54. The maximum atomic E-state index is 12.3. The zero-order chi connectivity index (χ0) is 19.6. The number of amides is 1. The Morgan fingerprint density at radius 3 is 2.67 bits per heavy atom. The van der Waals surface area contributed by atoms with Crippen molar-refractivity contribution in [2.45, 2.75) is 12.8 Å². The molecule has 0 saturated carbocycles. The van der Waals surface area contributed by atoms with E-state index in [1.165, 1.54) is 12.2 Å². The van der Waals surface area contributed by atoms with Gasteiger partial charge in [0.05, 0.1) is 16.0 Å². The van der Waals surface area contributed by atoms with Gasteiger partial charge in [0.1, 0.15) is 0 Å². The van der Waals surface area contributed by atoms with Crippen molar-refractivity contribution in [2.75, 3.05) is 11.9 Å². The van der Waals surface area contributed by atoms with Crippen molar-refractivity contribution in [1.82, 2.24) is 0 Å². The van der Waals surface area contributed by atoms with Crippen molar-refractivity contribution in [2.24, 2.45) is 0 Å². The third-order valence-electron chi connectivity index (χ3n) is 4.19. The van der Waals surface area contributed by atoms with E-state index in [9.17, 15) is 14.4 Å². The number of ether oxygens (including phenoxy) is 1. The lowest BCUT2D eigenvalue weighted by atomic mass is 9.99. The van der Waals surface area contributed by atoms with Crippen LogP contribution in [0.1, 0.15) is 34.3 Å². The minimum Gasteiger partial charge on any atom is -0.454 e. The second-order valence-electron chi connectivity index (χ2n) is 6.05. The lowest BCUT2D eigenvalue weighted by Crippen LogP contribution is -2.13. The lowest BCUT2D eigenvalue weighted by molar-refractivity contribution is -0.136. The molecule has 0 aliphatic carbocycles. The number of anilines is 1. The standard InChI is InChI=1S/C20H15Cl2NO4/c1-11-14-9-13(4-6-17(14)23-20(11)26)18(24)10-27-19(25)7-3-12-2-5-15(21)16(22)8-12/h2-9,11H,10H2,1H3,(H,23,26)/b7-3+/t11-/m0/s1. The number of rotatable bonds is 5. The molecule has 138 valence electrons. The Morgan fingerprint density at radius 2 is 1.93 bits per heavy atom. The van der Waals surface area contributed by atoms with Gasteiger partial charge in [0.2, 0.25) is 5.91 Å². The Kier molecular flexibility index (Phi) is 5.63. The summed E-state index contributed by atoms with van der Waals surface area (Å²) in [6, 6.07) is 9.85. The molecule has 1 aliphatic heterocycles. The van der Waals surface area contributed by atoms with E-state index >= 15 is 0 Å². The zero-order valence-electron chi connectivity index (χ0n) is 14.3. The lowest BCUT2D eigenvalue weighted by Gasteiger charge is -2.06. The molecular weight excluding hydrogens is 389 g/mol. The van der Waals surface area contributed by atoms with Gasteiger partial charge in [0, 0.05) is 17.3 Å². The molecule has 2 aromatic rings. The molecular formula is C20H15Cl2NO4. The van der Waals surface area contributed by atoms with Crippen LogP contribution in [0.4, 0.5) is 5.69 Å². The molecule has 0 aromatic heterocycles. The zero-order valence-corrected chi connectivity index (χ0v) is 15.8. The predicted octanol–water partition coefficient (Wildman–Crippen LogP) is 4.49. The van der Waals surface area contributed by atoms with Gasteiger partial charge in [-0.05, 0) is 54.5 Å². The summed E-state index contributed by atoms with van der Waals surface area (Å²) in [7, 11) is 0. The molecule has 1 heterocycles. The fourth-order valence-electron chi connectivity index (χ4n) is 2.64. The summed E-state index contributed by atoms with van der Waals surface area (Å²) in [6.07, 6.45) is 2.73. The second kappa shape index (κ2) is 7.94. The number of nitrogens with one attached hydrogen (secondary N) is 1. The average molecular weight is 404 g/mol.